The number of nitrogens with zero attached hydrogens (tertiary/aromatic N) is 2. The monoisotopic (exact) mass is 641 g/mol. The lowest BCUT2D eigenvalue weighted by Crippen LogP contribution is -2.52. The molecule has 2 amide bonds. The van der Waals surface area contributed by atoms with E-state index in [1.54, 1.807) is 19.1 Å². The van der Waals surface area contributed by atoms with Crippen LogP contribution in [0.25, 0.3) is 0 Å². The minimum absolute atomic E-state index is 0.0764. The number of aryl methyl sites for hydroxylation is 1. The van der Waals surface area contributed by atoms with E-state index in [1.807, 2.05) is 45.0 Å². The van der Waals surface area contributed by atoms with Crippen molar-refractivity contribution in [3.05, 3.63) is 71.8 Å². The molecule has 45 heavy (non-hydrogen) atoms. The van der Waals surface area contributed by atoms with E-state index >= 15 is 0 Å². The fraction of sp³-hybridized carbons (Fsp3) is 0.394. The Morgan fingerprint density at radius 3 is 2.09 bits per heavy atom. The van der Waals surface area contributed by atoms with Crippen LogP contribution in [-0.4, -0.2) is 72.2 Å². The van der Waals surface area contributed by atoms with Crippen LogP contribution in [-0.2, 0) is 26.2 Å². The van der Waals surface area contributed by atoms with Crippen molar-refractivity contribution in [2.75, 3.05) is 39.3 Å². The van der Waals surface area contributed by atoms with Crippen LogP contribution in [0.2, 0.25) is 0 Å². The molecule has 11 nitrogen and oxygen atoms in total. The molecule has 12 heteroatoms. The summed E-state index contributed by atoms with van der Waals surface area (Å²) in [6.45, 7) is 6.81. The topological polar surface area (TPSA) is 124 Å². The van der Waals surface area contributed by atoms with Gasteiger partial charge < -0.3 is 29.2 Å². The van der Waals surface area contributed by atoms with Crippen molar-refractivity contribution < 1.29 is 37.0 Å². The highest BCUT2D eigenvalue weighted by Crippen LogP contribution is 2.37. The first kappa shape index (κ1) is 35.0. The summed E-state index contributed by atoms with van der Waals surface area (Å²) in [5.74, 6) is 0.130. The zero-order valence-corrected chi connectivity index (χ0v) is 27.9. The summed E-state index contributed by atoms with van der Waals surface area (Å²) >= 11 is 0. The Hall–Kier alpha value is -4.45. The van der Waals surface area contributed by atoms with Gasteiger partial charge in [0.25, 0.3) is 10.0 Å². The number of benzene rings is 3. The van der Waals surface area contributed by atoms with Crippen molar-refractivity contribution in [3.63, 3.8) is 0 Å². The second-order valence-electron chi connectivity index (χ2n) is 10.5. The van der Waals surface area contributed by atoms with E-state index < -0.39 is 28.5 Å². The fourth-order valence-electron chi connectivity index (χ4n) is 4.63. The summed E-state index contributed by atoms with van der Waals surface area (Å²) in [4.78, 5) is 28.9. The molecule has 0 saturated carbocycles. The van der Waals surface area contributed by atoms with Crippen LogP contribution < -0.4 is 28.6 Å². The molecule has 2 atom stereocenters. The summed E-state index contributed by atoms with van der Waals surface area (Å²) in [5.41, 5.74) is 1.82. The molecule has 1 N–H and O–H groups in total. The number of rotatable bonds is 15. The molecular formula is C33H43N3O8S. The van der Waals surface area contributed by atoms with Crippen molar-refractivity contribution in [2.45, 2.75) is 57.6 Å². The minimum atomic E-state index is -4.43. The van der Waals surface area contributed by atoms with Gasteiger partial charge in [-0.3, -0.25) is 13.9 Å². The second-order valence-corrected chi connectivity index (χ2v) is 12.4. The van der Waals surface area contributed by atoms with Gasteiger partial charge in [-0.15, -0.1) is 0 Å². The average Bonchev–Trinajstić information content (AvgIpc) is 3.05. The van der Waals surface area contributed by atoms with E-state index in [2.05, 4.69) is 5.32 Å². The van der Waals surface area contributed by atoms with Crippen molar-refractivity contribution in [2.24, 2.45) is 0 Å². The Morgan fingerprint density at radius 1 is 0.844 bits per heavy atom. The van der Waals surface area contributed by atoms with Gasteiger partial charge in [0.15, 0.2) is 11.5 Å². The van der Waals surface area contributed by atoms with Crippen molar-refractivity contribution in [1.82, 2.24) is 10.2 Å². The number of carbonyl (C=O) groups is 2. The summed E-state index contributed by atoms with van der Waals surface area (Å²) in [5, 5.41) is 2.94. The molecule has 0 aromatic heterocycles. The zero-order valence-electron chi connectivity index (χ0n) is 27.1. The molecule has 3 rings (SSSR count). The first-order chi connectivity index (χ1) is 21.4. The molecule has 0 unspecified atom stereocenters. The van der Waals surface area contributed by atoms with Gasteiger partial charge in [0.2, 0.25) is 11.8 Å². The fourth-order valence-corrected chi connectivity index (χ4v) is 6.06. The third kappa shape index (κ3) is 8.18. The van der Waals surface area contributed by atoms with E-state index in [4.69, 9.17) is 18.9 Å². The number of sulfonamides is 1. The molecule has 0 spiro atoms. The lowest BCUT2D eigenvalue weighted by Gasteiger charge is -2.33. The van der Waals surface area contributed by atoms with Gasteiger partial charge in [0.05, 0.1) is 39.0 Å². The van der Waals surface area contributed by atoms with Crippen molar-refractivity contribution >= 4 is 27.5 Å². The van der Waals surface area contributed by atoms with Gasteiger partial charge in [-0.1, -0.05) is 31.2 Å². The number of amides is 2. The number of hydrogen-bond acceptors (Lipinski definition) is 8. The van der Waals surface area contributed by atoms with Gasteiger partial charge in [-0.05, 0) is 62.6 Å². The second kappa shape index (κ2) is 15.5. The van der Waals surface area contributed by atoms with Gasteiger partial charge in [-0.2, -0.15) is 0 Å². The molecule has 0 aliphatic rings. The third-order valence-corrected chi connectivity index (χ3v) is 9.40. The molecule has 0 aliphatic carbocycles. The molecule has 3 aromatic rings. The first-order valence-corrected chi connectivity index (χ1v) is 16.0. The van der Waals surface area contributed by atoms with E-state index in [1.165, 1.54) is 57.6 Å². The summed E-state index contributed by atoms with van der Waals surface area (Å²) in [6, 6.07) is 15.3. The van der Waals surface area contributed by atoms with Crippen LogP contribution in [0.1, 0.15) is 38.3 Å². The highest BCUT2D eigenvalue weighted by Gasteiger charge is 2.35. The molecular weight excluding hydrogens is 598 g/mol. The molecule has 0 heterocycles. The molecule has 0 fully saturated rings. The highest BCUT2D eigenvalue weighted by atomic mass is 32.2. The largest absolute Gasteiger partial charge is 0.497 e. The van der Waals surface area contributed by atoms with E-state index in [0.29, 0.717) is 17.9 Å². The smallest absolute Gasteiger partial charge is 0.265 e. The Kier molecular flexibility index (Phi) is 12.1. The van der Waals surface area contributed by atoms with Crippen molar-refractivity contribution in [1.29, 1.82) is 0 Å². The maximum atomic E-state index is 14.4. The van der Waals surface area contributed by atoms with Crippen LogP contribution in [0.15, 0.2) is 65.6 Å². The number of nitrogens with one attached hydrogen (secondary N) is 1. The number of anilines is 1. The Bertz CT molecular complexity index is 1590. The third-order valence-electron chi connectivity index (χ3n) is 7.65. The lowest BCUT2D eigenvalue weighted by atomic mass is 10.1. The standard InChI is InChI=1S/C33H43N3O8S/c1-9-23(3)34-33(38)24(4)35(20-25-13-11-10-12-22(25)2)32(37)21-36(28-18-26(41-5)14-16-29(28)42-6)45(39,40)27-15-17-30(43-7)31(19-27)44-8/h10-19,23-24H,9,20-21H2,1-8H3,(H,34,38)/t23-,24+/m1/s1. The van der Waals surface area contributed by atoms with E-state index in [9.17, 15) is 18.0 Å². The predicted octanol–water partition coefficient (Wildman–Crippen LogP) is 4.56. The van der Waals surface area contributed by atoms with Crippen LogP contribution in [0.3, 0.4) is 0 Å². The Morgan fingerprint density at radius 2 is 1.49 bits per heavy atom. The average molecular weight is 642 g/mol. The molecule has 3 aromatic carbocycles. The van der Waals surface area contributed by atoms with Gasteiger partial charge in [0, 0.05) is 24.7 Å². The first-order valence-electron chi connectivity index (χ1n) is 14.5. The molecule has 0 saturated heterocycles. The summed E-state index contributed by atoms with van der Waals surface area (Å²) in [7, 11) is 1.26. The molecule has 0 aliphatic heterocycles. The number of hydrogen-bond donors (Lipinski definition) is 1. The minimum Gasteiger partial charge on any atom is -0.497 e. The normalized spacial score (nSPS) is 12.4. The highest BCUT2D eigenvalue weighted by molar-refractivity contribution is 7.92. The Balaban J connectivity index is 2.18. The predicted molar refractivity (Wildman–Crippen MR) is 173 cm³/mol. The molecule has 244 valence electrons. The van der Waals surface area contributed by atoms with E-state index in [-0.39, 0.29) is 40.6 Å². The maximum Gasteiger partial charge on any atom is 0.265 e. The number of methoxy groups -OCH3 is 4. The van der Waals surface area contributed by atoms with Gasteiger partial charge in [0.1, 0.15) is 24.1 Å². The quantitative estimate of drug-likeness (QED) is 0.256. The number of ether oxygens (including phenoxy) is 4. The SMILES string of the molecule is CC[C@@H](C)NC(=O)[C@H](C)N(Cc1ccccc1C)C(=O)CN(c1cc(OC)ccc1OC)S(=O)(=O)c1ccc(OC)c(OC)c1. The van der Waals surface area contributed by atoms with Crippen LogP contribution in [0.5, 0.6) is 23.0 Å². The van der Waals surface area contributed by atoms with E-state index in [0.717, 1.165) is 15.4 Å². The summed E-state index contributed by atoms with van der Waals surface area (Å²) in [6.07, 6.45) is 0.706. The van der Waals surface area contributed by atoms with Crippen LogP contribution in [0.4, 0.5) is 5.69 Å². The molecule has 0 bridgehead atoms. The van der Waals surface area contributed by atoms with Gasteiger partial charge >= 0.3 is 0 Å². The Labute approximate surface area is 266 Å². The van der Waals surface area contributed by atoms with Gasteiger partial charge in [-0.25, -0.2) is 8.42 Å². The maximum absolute atomic E-state index is 14.4. The van der Waals surface area contributed by atoms with Crippen LogP contribution in [0, 0.1) is 6.92 Å². The van der Waals surface area contributed by atoms with Crippen molar-refractivity contribution in [3.8, 4) is 23.0 Å². The van der Waals surface area contributed by atoms with Crippen LogP contribution >= 0.6 is 0 Å². The molecule has 0 radical (unpaired) electrons. The number of carbonyl (C=O) groups excluding carboxylic acids is 2. The lowest BCUT2D eigenvalue weighted by molar-refractivity contribution is -0.139. The zero-order chi connectivity index (χ0) is 33.3. The summed E-state index contributed by atoms with van der Waals surface area (Å²) < 4.78 is 51.4.